The molecule has 0 aliphatic rings. The van der Waals surface area contributed by atoms with Gasteiger partial charge in [-0.15, -0.1) is 12.4 Å². The quantitative estimate of drug-likeness (QED) is 0.816. The van der Waals surface area contributed by atoms with E-state index in [1.807, 2.05) is 29.8 Å². The van der Waals surface area contributed by atoms with Crippen molar-refractivity contribution in [2.24, 2.45) is 0 Å². The second-order valence-electron chi connectivity index (χ2n) is 3.83. The van der Waals surface area contributed by atoms with E-state index in [0.717, 1.165) is 17.9 Å². The number of hydrogen-bond acceptors (Lipinski definition) is 2. The van der Waals surface area contributed by atoms with Crippen molar-refractivity contribution in [3.63, 3.8) is 0 Å². The summed E-state index contributed by atoms with van der Waals surface area (Å²) in [5.41, 5.74) is 9.94. The minimum absolute atomic E-state index is 0. The number of aryl methyl sites for hydroxylation is 2. The van der Waals surface area contributed by atoms with Crippen LogP contribution in [0, 0.1) is 13.8 Å². The van der Waals surface area contributed by atoms with E-state index in [1.54, 1.807) is 0 Å². The van der Waals surface area contributed by atoms with Crippen molar-refractivity contribution in [2.45, 2.75) is 20.4 Å². The monoisotopic (exact) mass is 237 g/mol. The molecule has 0 fully saturated rings. The van der Waals surface area contributed by atoms with Crippen molar-refractivity contribution in [2.75, 3.05) is 5.73 Å². The third kappa shape index (κ3) is 2.76. The van der Waals surface area contributed by atoms with Crippen molar-refractivity contribution in [1.82, 2.24) is 9.78 Å². The highest BCUT2D eigenvalue weighted by atomic mass is 35.5. The van der Waals surface area contributed by atoms with Gasteiger partial charge in [-0.2, -0.15) is 5.10 Å². The topological polar surface area (TPSA) is 43.8 Å². The molecular formula is C12H16ClN3. The molecule has 16 heavy (non-hydrogen) atoms. The molecule has 0 bridgehead atoms. The number of nitrogens with zero attached hydrogens (tertiary/aromatic N) is 2. The first kappa shape index (κ1) is 12.6. The van der Waals surface area contributed by atoms with Crippen LogP contribution in [-0.4, -0.2) is 9.78 Å². The van der Waals surface area contributed by atoms with Gasteiger partial charge in [0, 0.05) is 11.4 Å². The summed E-state index contributed by atoms with van der Waals surface area (Å²) in [6, 6.07) is 9.98. The van der Waals surface area contributed by atoms with Gasteiger partial charge in [0.15, 0.2) is 0 Å². The highest BCUT2D eigenvalue weighted by Crippen LogP contribution is 2.10. The molecule has 2 aromatic rings. The lowest BCUT2D eigenvalue weighted by atomic mass is 10.2. The lowest BCUT2D eigenvalue weighted by Crippen LogP contribution is -2.04. The molecule has 0 aliphatic heterocycles. The molecule has 0 unspecified atom stereocenters. The van der Waals surface area contributed by atoms with Crippen molar-refractivity contribution < 1.29 is 0 Å². The van der Waals surface area contributed by atoms with E-state index in [9.17, 15) is 0 Å². The van der Waals surface area contributed by atoms with Gasteiger partial charge in [-0.25, -0.2) is 0 Å². The first-order valence-electron chi connectivity index (χ1n) is 5.00. The van der Waals surface area contributed by atoms with Crippen LogP contribution >= 0.6 is 12.4 Å². The molecule has 0 spiro atoms. The number of aromatic nitrogens is 2. The van der Waals surface area contributed by atoms with Crippen molar-refractivity contribution in [3.05, 3.63) is 47.3 Å². The highest BCUT2D eigenvalue weighted by molar-refractivity contribution is 5.85. The molecule has 1 aromatic carbocycles. The van der Waals surface area contributed by atoms with E-state index in [0.29, 0.717) is 0 Å². The lowest BCUT2D eigenvalue weighted by Gasteiger charge is -2.05. The van der Waals surface area contributed by atoms with Gasteiger partial charge in [0.2, 0.25) is 0 Å². The molecule has 0 atom stereocenters. The summed E-state index contributed by atoms with van der Waals surface area (Å²) in [6.45, 7) is 4.85. The maximum atomic E-state index is 5.73. The molecule has 0 amide bonds. The van der Waals surface area contributed by atoms with Crippen LogP contribution in [0.1, 0.15) is 17.0 Å². The Morgan fingerprint density at radius 2 is 2.00 bits per heavy atom. The molecule has 86 valence electrons. The van der Waals surface area contributed by atoms with Gasteiger partial charge in [0.05, 0.1) is 12.2 Å². The fourth-order valence-electron chi connectivity index (χ4n) is 1.70. The number of nitrogens with two attached hydrogens (primary N) is 1. The predicted octanol–water partition coefficient (Wildman–Crippen LogP) is 2.55. The van der Waals surface area contributed by atoms with Crippen molar-refractivity contribution in [1.29, 1.82) is 0 Å². The van der Waals surface area contributed by atoms with Crippen LogP contribution in [0.5, 0.6) is 0 Å². The fourth-order valence-corrected chi connectivity index (χ4v) is 1.70. The number of nitrogen functional groups attached to an aromatic ring is 1. The van der Waals surface area contributed by atoms with Gasteiger partial charge >= 0.3 is 0 Å². The second kappa shape index (κ2) is 5.03. The summed E-state index contributed by atoms with van der Waals surface area (Å²) in [7, 11) is 0. The number of anilines is 1. The van der Waals surface area contributed by atoms with Crippen LogP contribution in [0.3, 0.4) is 0 Å². The number of halogens is 1. The van der Waals surface area contributed by atoms with E-state index in [4.69, 9.17) is 5.73 Å². The van der Waals surface area contributed by atoms with E-state index in [-0.39, 0.29) is 12.4 Å². The van der Waals surface area contributed by atoms with Crippen molar-refractivity contribution >= 4 is 18.1 Å². The normalized spacial score (nSPS) is 9.88. The summed E-state index contributed by atoms with van der Waals surface area (Å²) >= 11 is 0. The Morgan fingerprint density at radius 1 is 1.25 bits per heavy atom. The minimum atomic E-state index is 0. The maximum absolute atomic E-state index is 5.73. The van der Waals surface area contributed by atoms with Gasteiger partial charge in [0.1, 0.15) is 0 Å². The SMILES string of the molecule is Cc1cc(C)n(Cc2cccc(N)c2)n1.Cl. The zero-order valence-electron chi connectivity index (χ0n) is 9.47. The first-order chi connectivity index (χ1) is 7.15. The molecule has 3 nitrogen and oxygen atoms in total. The van der Waals surface area contributed by atoms with Crippen LogP contribution in [-0.2, 0) is 6.54 Å². The summed E-state index contributed by atoms with van der Waals surface area (Å²) in [6.07, 6.45) is 0. The maximum Gasteiger partial charge on any atom is 0.0663 e. The molecule has 0 saturated carbocycles. The van der Waals surface area contributed by atoms with Crippen LogP contribution in [0.4, 0.5) is 5.69 Å². The smallest absolute Gasteiger partial charge is 0.0663 e. The van der Waals surface area contributed by atoms with Crippen LogP contribution in [0.15, 0.2) is 30.3 Å². The number of benzene rings is 1. The second-order valence-corrected chi connectivity index (χ2v) is 3.83. The van der Waals surface area contributed by atoms with Crippen LogP contribution in [0.25, 0.3) is 0 Å². The Kier molecular flexibility index (Phi) is 3.96. The zero-order valence-corrected chi connectivity index (χ0v) is 10.3. The Labute approximate surface area is 102 Å². The van der Waals surface area contributed by atoms with E-state index >= 15 is 0 Å². The highest BCUT2D eigenvalue weighted by Gasteiger charge is 2.01. The van der Waals surface area contributed by atoms with Gasteiger partial charge in [0.25, 0.3) is 0 Å². The molecule has 0 radical (unpaired) electrons. The molecule has 1 heterocycles. The molecule has 4 heteroatoms. The molecule has 0 aliphatic carbocycles. The van der Waals surface area contributed by atoms with Crippen LogP contribution < -0.4 is 5.73 Å². The van der Waals surface area contributed by atoms with E-state index in [1.165, 1.54) is 11.3 Å². The number of hydrogen-bond donors (Lipinski definition) is 1. The Bertz CT molecular complexity index is 477. The van der Waals surface area contributed by atoms with Crippen molar-refractivity contribution in [3.8, 4) is 0 Å². The van der Waals surface area contributed by atoms with Gasteiger partial charge < -0.3 is 5.73 Å². The van der Waals surface area contributed by atoms with Gasteiger partial charge in [-0.3, -0.25) is 4.68 Å². The average molecular weight is 238 g/mol. The molecule has 2 rings (SSSR count). The summed E-state index contributed by atoms with van der Waals surface area (Å²) < 4.78 is 1.99. The van der Waals surface area contributed by atoms with Gasteiger partial charge in [-0.05, 0) is 37.6 Å². The largest absolute Gasteiger partial charge is 0.399 e. The average Bonchev–Trinajstić information content (AvgIpc) is 2.45. The third-order valence-electron chi connectivity index (χ3n) is 2.39. The molecule has 1 aromatic heterocycles. The first-order valence-corrected chi connectivity index (χ1v) is 5.00. The third-order valence-corrected chi connectivity index (χ3v) is 2.39. The number of rotatable bonds is 2. The van der Waals surface area contributed by atoms with E-state index < -0.39 is 0 Å². The van der Waals surface area contributed by atoms with Crippen LogP contribution in [0.2, 0.25) is 0 Å². The molecule has 0 saturated heterocycles. The Hall–Kier alpha value is -1.48. The summed E-state index contributed by atoms with van der Waals surface area (Å²) in [5, 5.41) is 4.41. The summed E-state index contributed by atoms with van der Waals surface area (Å²) in [4.78, 5) is 0. The Morgan fingerprint density at radius 3 is 2.56 bits per heavy atom. The lowest BCUT2D eigenvalue weighted by molar-refractivity contribution is 0.659. The fraction of sp³-hybridized carbons (Fsp3) is 0.250. The standard InChI is InChI=1S/C12H15N3.ClH/c1-9-6-10(2)15(14-9)8-11-4-3-5-12(13)7-11;/h3-7H,8,13H2,1-2H3;1H. The predicted molar refractivity (Wildman–Crippen MR) is 68.9 cm³/mol. The minimum Gasteiger partial charge on any atom is -0.399 e. The zero-order chi connectivity index (χ0) is 10.8. The van der Waals surface area contributed by atoms with E-state index in [2.05, 4.69) is 24.2 Å². The molecular weight excluding hydrogens is 222 g/mol. The van der Waals surface area contributed by atoms with Gasteiger partial charge in [-0.1, -0.05) is 12.1 Å². The summed E-state index contributed by atoms with van der Waals surface area (Å²) in [5.74, 6) is 0. The Balaban J connectivity index is 0.00000128. The molecule has 2 N–H and O–H groups in total.